The van der Waals surface area contributed by atoms with Crippen molar-refractivity contribution in [2.75, 3.05) is 19.5 Å². The topological polar surface area (TPSA) is 51.5 Å². The average molecular weight is 192 g/mol. The molecule has 0 unspecified atom stereocenters. The van der Waals surface area contributed by atoms with Gasteiger partial charge in [0.05, 0.1) is 19.0 Å². The van der Waals surface area contributed by atoms with E-state index in [0.29, 0.717) is 5.88 Å². The van der Waals surface area contributed by atoms with Crippen molar-refractivity contribution in [2.45, 2.75) is 6.92 Å². The third-order valence-electron chi connectivity index (χ3n) is 2.10. The summed E-state index contributed by atoms with van der Waals surface area (Å²) in [5.41, 5.74) is 2.55. The minimum atomic E-state index is 0.678. The molecule has 0 bridgehead atoms. The molecule has 0 fully saturated rings. The van der Waals surface area contributed by atoms with Crippen LogP contribution in [0.25, 0.3) is 5.65 Å². The van der Waals surface area contributed by atoms with Crippen LogP contribution in [0.5, 0.6) is 5.88 Å². The highest BCUT2D eigenvalue weighted by Gasteiger charge is 2.11. The minimum absolute atomic E-state index is 0.678. The highest BCUT2D eigenvalue weighted by molar-refractivity contribution is 5.67. The van der Waals surface area contributed by atoms with Crippen molar-refractivity contribution in [1.29, 1.82) is 0 Å². The zero-order valence-corrected chi connectivity index (χ0v) is 8.40. The highest BCUT2D eigenvalue weighted by Crippen LogP contribution is 2.22. The Labute approximate surface area is 81.7 Å². The standard InChI is InChI=1S/C9H12N4O/c1-6-9(14-3)13-8(12-6)7(10-2)4-5-11-13/h4-5,10H,1-3H3. The van der Waals surface area contributed by atoms with E-state index in [9.17, 15) is 0 Å². The lowest BCUT2D eigenvalue weighted by molar-refractivity contribution is 0.384. The quantitative estimate of drug-likeness (QED) is 0.773. The van der Waals surface area contributed by atoms with Crippen LogP contribution in [0.2, 0.25) is 0 Å². The number of nitrogens with zero attached hydrogens (tertiary/aromatic N) is 3. The summed E-state index contributed by atoms with van der Waals surface area (Å²) in [7, 11) is 3.47. The normalized spacial score (nSPS) is 10.5. The Balaban J connectivity index is 2.79. The fourth-order valence-electron chi connectivity index (χ4n) is 1.46. The second kappa shape index (κ2) is 3.17. The molecule has 5 nitrogen and oxygen atoms in total. The number of rotatable bonds is 2. The van der Waals surface area contributed by atoms with Crippen molar-refractivity contribution in [3.63, 3.8) is 0 Å². The van der Waals surface area contributed by atoms with Crippen LogP contribution in [0.3, 0.4) is 0 Å². The van der Waals surface area contributed by atoms with E-state index < -0.39 is 0 Å². The maximum absolute atomic E-state index is 5.21. The molecule has 2 aromatic heterocycles. The molecule has 0 saturated carbocycles. The van der Waals surface area contributed by atoms with Gasteiger partial charge in [-0.1, -0.05) is 0 Å². The first kappa shape index (κ1) is 8.80. The lowest BCUT2D eigenvalue weighted by Gasteiger charge is -2.02. The lowest BCUT2D eigenvalue weighted by atomic mass is 10.4. The van der Waals surface area contributed by atoms with Gasteiger partial charge in [0.15, 0.2) is 5.65 Å². The molecule has 0 spiro atoms. The van der Waals surface area contributed by atoms with E-state index in [1.165, 1.54) is 0 Å². The molecule has 2 rings (SSSR count). The SMILES string of the molecule is CNc1ccnn2c(OC)c(C)nc12. The van der Waals surface area contributed by atoms with Crippen LogP contribution in [0, 0.1) is 6.92 Å². The van der Waals surface area contributed by atoms with Crippen LogP contribution in [0.4, 0.5) is 5.69 Å². The number of hydrogen-bond acceptors (Lipinski definition) is 4. The minimum Gasteiger partial charge on any atom is -0.480 e. The number of methoxy groups -OCH3 is 1. The van der Waals surface area contributed by atoms with E-state index in [2.05, 4.69) is 15.4 Å². The summed E-state index contributed by atoms with van der Waals surface area (Å²) in [6.07, 6.45) is 1.71. The van der Waals surface area contributed by atoms with Gasteiger partial charge in [-0.25, -0.2) is 4.98 Å². The first-order chi connectivity index (χ1) is 6.77. The number of anilines is 1. The molecular formula is C9H12N4O. The fraction of sp³-hybridized carbons (Fsp3) is 0.333. The molecule has 2 aromatic rings. The molecule has 0 aliphatic carbocycles. The van der Waals surface area contributed by atoms with Crippen LogP contribution in [-0.2, 0) is 0 Å². The lowest BCUT2D eigenvalue weighted by Crippen LogP contribution is -1.98. The molecule has 0 saturated heterocycles. The van der Waals surface area contributed by atoms with E-state index >= 15 is 0 Å². The van der Waals surface area contributed by atoms with Gasteiger partial charge in [0.25, 0.3) is 0 Å². The van der Waals surface area contributed by atoms with Crippen LogP contribution in [0.15, 0.2) is 12.3 Å². The Kier molecular flexibility index (Phi) is 1.99. The smallest absolute Gasteiger partial charge is 0.238 e. The molecule has 0 atom stereocenters. The molecule has 0 amide bonds. The van der Waals surface area contributed by atoms with Gasteiger partial charge in [0.2, 0.25) is 5.88 Å². The van der Waals surface area contributed by atoms with Gasteiger partial charge in [-0.05, 0) is 13.0 Å². The summed E-state index contributed by atoms with van der Waals surface area (Å²) in [6, 6.07) is 1.88. The van der Waals surface area contributed by atoms with Gasteiger partial charge in [0.1, 0.15) is 5.69 Å². The predicted molar refractivity (Wildman–Crippen MR) is 53.8 cm³/mol. The number of hydrogen-bond donors (Lipinski definition) is 1. The molecule has 0 aromatic carbocycles. The molecule has 0 aliphatic rings. The molecule has 2 heterocycles. The van der Waals surface area contributed by atoms with Gasteiger partial charge < -0.3 is 10.1 Å². The maximum atomic E-state index is 5.21. The second-order valence-electron chi connectivity index (χ2n) is 2.94. The maximum Gasteiger partial charge on any atom is 0.238 e. The van der Waals surface area contributed by atoms with Gasteiger partial charge in [-0.3, -0.25) is 0 Å². The largest absolute Gasteiger partial charge is 0.480 e. The summed E-state index contributed by atoms with van der Waals surface area (Å²) in [4.78, 5) is 4.37. The molecule has 1 N–H and O–H groups in total. The van der Waals surface area contributed by atoms with E-state index in [1.807, 2.05) is 20.0 Å². The Hall–Kier alpha value is -1.78. The van der Waals surface area contributed by atoms with E-state index in [1.54, 1.807) is 17.8 Å². The first-order valence-electron chi connectivity index (χ1n) is 4.34. The number of aryl methyl sites for hydroxylation is 1. The van der Waals surface area contributed by atoms with Crippen LogP contribution in [0.1, 0.15) is 5.69 Å². The number of ether oxygens (including phenoxy) is 1. The third kappa shape index (κ3) is 1.09. The summed E-state index contributed by atoms with van der Waals surface area (Å²) in [5.74, 6) is 0.678. The summed E-state index contributed by atoms with van der Waals surface area (Å²) < 4.78 is 6.89. The van der Waals surface area contributed by atoms with Crippen LogP contribution >= 0.6 is 0 Å². The van der Waals surface area contributed by atoms with Crippen molar-refractivity contribution in [3.8, 4) is 5.88 Å². The highest BCUT2D eigenvalue weighted by atomic mass is 16.5. The Morgan fingerprint density at radius 1 is 1.50 bits per heavy atom. The summed E-state index contributed by atoms with van der Waals surface area (Å²) in [6.45, 7) is 1.90. The van der Waals surface area contributed by atoms with Crippen molar-refractivity contribution >= 4 is 11.3 Å². The molecule has 0 aliphatic heterocycles. The number of imidazole rings is 1. The molecule has 5 heteroatoms. The average Bonchev–Trinajstić information content (AvgIpc) is 2.52. The van der Waals surface area contributed by atoms with E-state index in [0.717, 1.165) is 17.0 Å². The fourth-order valence-corrected chi connectivity index (χ4v) is 1.46. The zero-order valence-electron chi connectivity index (χ0n) is 8.40. The molecular weight excluding hydrogens is 180 g/mol. The van der Waals surface area contributed by atoms with Gasteiger partial charge in [0, 0.05) is 7.05 Å². The van der Waals surface area contributed by atoms with Crippen molar-refractivity contribution < 1.29 is 4.74 Å². The summed E-state index contributed by atoms with van der Waals surface area (Å²) >= 11 is 0. The Morgan fingerprint density at radius 3 is 2.93 bits per heavy atom. The number of fused-ring (bicyclic) bond motifs is 1. The Bertz CT molecular complexity index is 463. The van der Waals surface area contributed by atoms with Crippen LogP contribution in [-0.4, -0.2) is 28.8 Å². The van der Waals surface area contributed by atoms with Crippen LogP contribution < -0.4 is 10.1 Å². The number of aromatic nitrogens is 3. The molecule has 74 valence electrons. The molecule has 14 heavy (non-hydrogen) atoms. The monoisotopic (exact) mass is 192 g/mol. The first-order valence-corrected chi connectivity index (χ1v) is 4.34. The van der Waals surface area contributed by atoms with Crippen molar-refractivity contribution in [3.05, 3.63) is 18.0 Å². The second-order valence-corrected chi connectivity index (χ2v) is 2.94. The zero-order chi connectivity index (χ0) is 10.1. The Morgan fingerprint density at radius 2 is 2.29 bits per heavy atom. The van der Waals surface area contributed by atoms with Crippen molar-refractivity contribution in [2.24, 2.45) is 0 Å². The van der Waals surface area contributed by atoms with E-state index in [4.69, 9.17) is 4.74 Å². The number of nitrogens with one attached hydrogen (secondary N) is 1. The van der Waals surface area contributed by atoms with Gasteiger partial charge >= 0.3 is 0 Å². The summed E-state index contributed by atoms with van der Waals surface area (Å²) in [5, 5.41) is 7.23. The third-order valence-corrected chi connectivity index (χ3v) is 2.10. The van der Waals surface area contributed by atoms with Crippen molar-refractivity contribution in [1.82, 2.24) is 14.6 Å². The van der Waals surface area contributed by atoms with E-state index in [-0.39, 0.29) is 0 Å². The predicted octanol–water partition coefficient (Wildman–Crippen LogP) is 1.09. The molecule has 0 radical (unpaired) electrons. The van der Waals surface area contributed by atoms with Gasteiger partial charge in [-0.2, -0.15) is 9.61 Å². The van der Waals surface area contributed by atoms with Gasteiger partial charge in [-0.15, -0.1) is 0 Å².